The Balaban J connectivity index is 3.08. The minimum atomic E-state index is 0.0654. The van der Waals surface area contributed by atoms with Crippen LogP contribution in [0.3, 0.4) is 0 Å². The van der Waals surface area contributed by atoms with Crippen molar-refractivity contribution in [3.05, 3.63) is 28.8 Å². The third-order valence-electron chi connectivity index (χ3n) is 1.59. The SMILES string of the molecule is CC(C)Sc1ccc(Cl)cc1C(=N)N. The Morgan fingerprint density at radius 1 is 1.50 bits per heavy atom. The molecule has 0 aromatic heterocycles. The van der Waals surface area contributed by atoms with Gasteiger partial charge < -0.3 is 5.73 Å². The highest BCUT2D eigenvalue weighted by Crippen LogP contribution is 2.28. The first-order chi connectivity index (χ1) is 6.50. The van der Waals surface area contributed by atoms with E-state index in [0.717, 1.165) is 10.5 Å². The first-order valence-electron chi connectivity index (χ1n) is 4.31. The highest BCUT2D eigenvalue weighted by molar-refractivity contribution is 8.00. The average Bonchev–Trinajstić information content (AvgIpc) is 2.07. The van der Waals surface area contributed by atoms with Crippen molar-refractivity contribution in [3.63, 3.8) is 0 Å². The van der Waals surface area contributed by atoms with Crippen LogP contribution in [0.25, 0.3) is 0 Å². The maximum absolute atomic E-state index is 7.42. The normalized spacial score (nSPS) is 10.6. The summed E-state index contributed by atoms with van der Waals surface area (Å²) in [4.78, 5) is 1.01. The molecule has 2 nitrogen and oxygen atoms in total. The van der Waals surface area contributed by atoms with Crippen LogP contribution in [0.5, 0.6) is 0 Å². The summed E-state index contributed by atoms with van der Waals surface area (Å²) in [6.45, 7) is 4.20. The van der Waals surface area contributed by atoms with Crippen molar-refractivity contribution in [3.8, 4) is 0 Å². The fourth-order valence-electron chi connectivity index (χ4n) is 1.07. The summed E-state index contributed by atoms with van der Waals surface area (Å²) in [5.74, 6) is 0.0654. The molecule has 0 radical (unpaired) electrons. The molecule has 1 rings (SSSR count). The van der Waals surface area contributed by atoms with E-state index in [9.17, 15) is 0 Å². The zero-order valence-electron chi connectivity index (χ0n) is 8.17. The van der Waals surface area contributed by atoms with Crippen LogP contribution in [0.4, 0.5) is 0 Å². The van der Waals surface area contributed by atoms with E-state index in [1.54, 1.807) is 17.8 Å². The second-order valence-electron chi connectivity index (χ2n) is 3.22. The predicted molar refractivity (Wildman–Crippen MR) is 63.5 cm³/mol. The number of halogens is 1. The molecule has 0 saturated heterocycles. The van der Waals surface area contributed by atoms with Crippen LogP contribution in [-0.2, 0) is 0 Å². The second-order valence-corrected chi connectivity index (χ2v) is 5.28. The molecule has 0 fully saturated rings. The number of thioether (sulfide) groups is 1. The van der Waals surface area contributed by atoms with E-state index < -0.39 is 0 Å². The van der Waals surface area contributed by atoms with Crippen molar-refractivity contribution in [1.82, 2.24) is 0 Å². The molecular weight excluding hydrogens is 216 g/mol. The summed E-state index contributed by atoms with van der Waals surface area (Å²) in [5, 5.41) is 8.50. The Hall–Kier alpha value is -0.670. The Morgan fingerprint density at radius 3 is 2.64 bits per heavy atom. The second kappa shape index (κ2) is 4.71. The summed E-state index contributed by atoms with van der Waals surface area (Å²) in [5.41, 5.74) is 6.19. The molecule has 0 aliphatic heterocycles. The van der Waals surface area contributed by atoms with Gasteiger partial charge in [0.25, 0.3) is 0 Å². The van der Waals surface area contributed by atoms with E-state index in [2.05, 4.69) is 13.8 Å². The molecule has 0 spiro atoms. The molecule has 0 saturated carbocycles. The lowest BCUT2D eigenvalue weighted by Gasteiger charge is -2.10. The van der Waals surface area contributed by atoms with Crippen molar-refractivity contribution in [1.29, 1.82) is 5.41 Å². The lowest BCUT2D eigenvalue weighted by Crippen LogP contribution is -2.12. The fourth-order valence-corrected chi connectivity index (χ4v) is 2.19. The van der Waals surface area contributed by atoms with E-state index in [4.69, 9.17) is 22.7 Å². The van der Waals surface area contributed by atoms with E-state index in [-0.39, 0.29) is 5.84 Å². The van der Waals surface area contributed by atoms with Gasteiger partial charge in [0.1, 0.15) is 5.84 Å². The molecule has 0 atom stereocenters. The van der Waals surface area contributed by atoms with Gasteiger partial charge in [-0.2, -0.15) is 0 Å². The van der Waals surface area contributed by atoms with Crippen LogP contribution in [0.15, 0.2) is 23.1 Å². The third kappa shape index (κ3) is 2.93. The molecule has 0 aliphatic carbocycles. The zero-order chi connectivity index (χ0) is 10.7. The Bertz CT molecular complexity index is 350. The Morgan fingerprint density at radius 2 is 2.14 bits per heavy atom. The number of hydrogen-bond donors (Lipinski definition) is 2. The Kier molecular flexibility index (Phi) is 3.84. The number of hydrogen-bond acceptors (Lipinski definition) is 2. The number of nitrogens with one attached hydrogen (secondary N) is 1. The third-order valence-corrected chi connectivity index (χ3v) is 2.91. The summed E-state index contributed by atoms with van der Waals surface area (Å²) in [6.07, 6.45) is 0. The van der Waals surface area contributed by atoms with Crippen molar-refractivity contribution in [2.75, 3.05) is 0 Å². The van der Waals surface area contributed by atoms with Crippen LogP contribution < -0.4 is 5.73 Å². The van der Waals surface area contributed by atoms with Crippen molar-refractivity contribution in [2.24, 2.45) is 5.73 Å². The van der Waals surface area contributed by atoms with Gasteiger partial charge in [-0.3, -0.25) is 5.41 Å². The summed E-state index contributed by atoms with van der Waals surface area (Å²) >= 11 is 7.52. The van der Waals surface area contributed by atoms with Gasteiger partial charge in [-0.15, -0.1) is 11.8 Å². The fraction of sp³-hybridized carbons (Fsp3) is 0.300. The molecule has 0 heterocycles. The molecule has 0 amide bonds. The predicted octanol–water partition coefficient (Wildman–Crippen LogP) is 3.12. The highest BCUT2D eigenvalue weighted by Gasteiger charge is 2.08. The first kappa shape index (κ1) is 11.4. The molecule has 14 heavy (non-hydrogen) atoms. The molecule has 0 bridgehead atoms. The van der Waals surface area contributed by atoms with Gasteiger partial charge in [0.05, 0.1) is 0 Å². The molecular formula is C10H13ClN2S. The first-order valence-corrected chi connectivity index (χ1v) is 5.57. The number of nitrogen functional groups attached to an aromatic ring is 1. The molecule has 76 valence electrons. The number of benzene rings is 1. The summed E-state index contributed by atoms with van der Waals surface area (Å²) in [7, 11) is 0. The average molecular weight is 229 g/mol. The smallest absolute Gasteiger partial charge is 0.123 e. The molecule has 1 aromatic rings. The topological polar surface area (TPSA) is 49.9 Å². The van der Waals surface area contributed by atoms with Crippen molar-refractivity contribution in [2.45, 2.75) is 24.0 Å². The number of nitrogens with two attached hydrogens (primary N) is 1. The molecule has 3 N–H and O–H groups in total. The molecule has 0 aliphatic rings. The van der Waals surface area contributed by atoms with Gasteiger partial charge in [0.2, 0.25) is 0 Å². The van der Waals surface area contributed by atoms with Crippen molar-refractivity contribution >= 4 is 29.2 Å². The van der Waals surface area contributed by atoms with Crippen LogP contribution in [0.1, 0.15) is 19.4 Å². The van der Waals surface area contributed by atoms with Crippen LogP contribution in [-0.4, -0.2) is 11.1 Å². The molecule has 1 aromatic carbocycles. The lowest BCUT2D eigenvalue weighted by atomic mass is 10.2. The van der Waals surface area contributed by atoms with E-state index in [1.165, 1.54) is 0 Å². The largest absolute Gasteiger partial charge is 0.384 e. The van der Waals surface area contributed by atoms with Crippen LogP contribution in [0, 0.1) is 5.41 Å². The van der Waals surface area contributed by atoms with Gasteiger partial charge in [-0.1, -0.05) is 25.4 Å². The summed E-state index contributed by atoms with van der Waals surface area (Å²) < 4.78 is 0. The standard InChI is InChI=1S/C10H13ClN2S/c1-6(2)14-9-4-3-7(11)5-8(9)10(12)13/h3-6H,1-2H3,(H3,12,13). The van der Waals surface area contributed by atoms with E-state index in [0.29, 0.717) is 10.3 Å². The van der Waals surface area contributed by atoms with Gasteiger partial charge in [0.15, 0.2) is 0 Å². The van der Waals surface area contributed by atoms with Crippen LogP contribution >= 0.6 is 23.4 Å². The number of rotatable bonds is 3. The van der Waals surface area contributed by atoms with E-state index in [1.807, 2.05) is 12.1 Å². The van der Waals surface area contributed by atoms with E-state index >= 15 is 0 Å². The zero-order valence-corrected chi connectivity index (χ0v) is 9.75. The lowest BCUT2D eigenvalue weighted by molar-refractivity contribution is 1.11. The quantitative estimate of drug-likeness (QED) is 0.475. The van der Waals surface area contributed by atoms with Crippen LogP contribution in [0.2, 0.25) is 5.02 Å². The Labute approximate surface area is 93.3 Å². The summed E-state index contributed by atoms with van der Waals surface area (Å²) in [6, 6.07) is 5.46. The number of amidine groups is 1. The van der Waals surface area contributed by atoms with Gasteiger partial charge in [0, 0.05) is 20.7 Å². The minimum absolute atomic E-state index is 0.0654. The maximum Gasteiger partial charge on any atom is 0.123 e. The van der Waals surface area contributed by atoms with Gasteiger partial charge in [-0.05, 0) is 18.2 Å². The minimum Gasteiger partial charge on any atom is -0.384 e. The van der Waals surface area contributed by atoms with Gasteiger partial charge in [-0.25, -0.2) is 0 Å². The molecule has 4 heteroatoms. The molecule has 0 unspecified atom stereocenters. The van der Waals surface area contributed by atoms with Gasteiger partial charge >= 0.3 is 0 Å². The van der Waals surface area contributed by atoms with Crippen molar-refractivity contribution < 1.29 is 0 Å². The monoisotopic (exact) mass is 228 g/mol. The highest BCUT2D eigenvalue weighted by atomic mass is 35.5. The maximum atomic E-state index is 7.42.